The molecule has 1 heteroatoms. The molecule has 12 rings (SSSR count). The minimum Gasteiger partial charge on any atom is -0.456 e. The average molecular weight is 723 g/mol. The Kier molecular flexibility index (Phi) is 7.00. The van der Waals surface area contributed by atoms with Crippen LogP contribution in [0.3, 0.4) is 0 Å². The fourth-order valence-electron chi connectivity index (χ4n) is 9.44. The first kappa shape index (κ1) is 31.8. The monoisotopic (exact) mass is 722 g/mol. The van der Waals surface area contributed by atoms with Crippen molar-refractivity contribution in [3.8, 4) is 67.1 Å². The number of fused-ring (bicyclic) bond motifs is 7. The van der Waals surface area contributed by atoms with E-state index in [-0.39, 0.29) is 0 Å². The minimum absolute atomic E-state index is 0.884. The maximum Gasteiger partial charge on any atom is 0.135 e. The standard InChI is InChI=1S/C56H34O/c1-2-13-36(14-3-1)43-29-31-52-55-45(43)22-11-23-48(55)50-34-40(27-30-51(50)57-52)39-17-10-18-41(33-39)54-47-21-9-8-20-46(47)53(42-25-24-35-12-4-5-16-38(35)32-42)49-28-26-37-15-6-7-19-44(37)56(49)54/h1-34H. The molecule has 11 aromatic carbocycles. The molecular weight excluding hydrogens is 689 g/mol. The molecule has 0 N–H and O–H groups in total. The summed E-state index contributed by atoms with van der Waals surface area (Å²) in [6, 6.07) is 75.3. The number of rotatable bonds is 4. The van der Waals surface area contributed by atoms with Crippen molar-refractivity contribution < 1.29 is 4.74 Å². The fraction of sp³-hybridized carbons (Fsp3) is 0. The molecule has 0 aliphatic carbocycles. The molecule has 0 radical (unpaired) electrons. The Labute approximate surface area is 330 Å². The zero-order valence-corrected chi connectivity index (χ0v) is 31.0. The van der Waals surface area contributed by atoms with Crippen molar-refractivity contribution in [2.75, 3.05) is 0 Å². The predicted molar refractivity (Wildman–Crippen MR) is 241 cm³/mol. The quantitative estimate of drug-likeness (QED) is 0.130. The van der Waals surface area contributed by atoms with Crippen molar-refractivity contribution in [3.63, 3.8) is 0 Å². The van der Waals surface area contributed by atoms with E-state index < -0.39 is 0 Å². The third-order valence-electron chi connectivity index (χ3n) is 12.0. The number of benzene rings is 11. The second kappa shape index (κ2) is 12.5. The van der Waals surface area contributed by atoms with E-state index in [1.54, 1.807) is 0 Å². The third kappa shape index (κ3) is 4.96. The minimum atomic E-state index is 0.884. The first-order valence-corrected chi connectivity index (χ1v) is 19.7. The largest absolute Gasteiger partial charge is 0.456 e. The van der Waals surface area contributed by atoms with Gasteiger partial charge in [-0.05, 0) is 129 Å². The van der Waals surface area contributed by atoms with Crippen LogP contribution in [0.1, 0.15) is 0 Å². The van der Waals surface area contributed by atoms with E-state index in [0.717, 1.165) is 28.0 Å². The first-order valence-electron chi connectivity index (χ1n) is 19.7. The van der Waals surface area contributed by atoms with Crippen LogP contribution in [0.15, 0.2) is 206 Å². The van der Waals surface area contributed by atoms with E-state index in [1.807, 2.05) is 0 Å². The van der Waals surface area contributed by atoms with Gasteiger partial charge in [0.2, 0.25) is 0 Å². The van der Waals surface area contributed by atoms with Gasteiger partial charge in [-0.15, -0.1) is 0 Å². The Balaban J connectivity index is 1.07. The Morgan fingerprint density at radius 3 is 1.74 bits per heavy atom. The molecule has 0 fully saturated rings. The van der Waals surface area contributed by atoms with Gasteiger partial charge in [0.25, 0.3) is 0 Å². The summed E-state index contributed by atoms with van der Waals surface area (Å²) in [6.07, 6.45) is 0. The van der Waals surface area contributed by atoms with Gasteiger partial charge in [-0.2, -0.15) is 0 Å². The summed E-state index contributed by atoms with van der Waals surface area (Å²) < 4.78 is 6.63. The van der Waals surface area contributed by atoms with Crippen molar-refractivity contribution >= 4 is 53.9 Å². The van der Waals surface area contributed by atoms with Gasteiger partial charge in [0.05, 0.1) is 0 Å². The summed E-state index contributed by atoms with van der Waals surface area (Å²) >= 11 is 0. The average Bonchev–Trinajstić information content (AvgIpc) is 3.28. The molecule has 0 saturated carbocycles. The highest BCUT2D eigenvalue weighted by molar-refractivity contribution is 6.28. The summed E-state index contributed by atoms with van der Waals surface area (Å²) in [4.78, 5) is 0. The lowest BCUT2D eigenvalue weighted by atomic mass is 9.83. The van der Waals surface area contributed by atoms with Crippen LogP contribution in [-0.2, 0) is 0 Å². The molecule has 0 saturated heterocycles. The van der Waals surface area contributed by atoms with Gasteiger partial charge in [0.1, 0.15) is 11.5 Å². The molecular formula is C56H34O. The SMILES string of the molecule is c1ccc(-c2ccc3c4c(cccc24)-c2cc(-c4cccc(-c5c6ccccc6c(-c6ccc7ccccc7c6)c6ccc7ccccc7c56)c4)ccc2O3)cc1. The number of ether oxygens (including phenoxy) is 1. The molecule has 0 bridgehead atoms. The normalized spacial score (nSPS) is 12.0. The van der Waals surface area contributed by atoms with Gasteiger partial charge in [-0.1, -0.05) is 176 Å². The zero-order chi connectivity index (χ0) is 37.5. The summed E-state index contributed by atoms with van der Waals surface area (Å²) in [7, 11) is 0. The topological polar surface area (TPSA) is 9.23 Å². The van der Waals surface area contributed by atoms with Gasteiger partial charge in [0, 0.05) is 10.9 Å². The molecule has 0 amide bonds. The molecule has 1 aliphatic rings. The van der Waals surface area contributed by atoms with Crippen molar-refractivity contribution in [3.05, 3.63) is 206 Å². The molecule has 0 aromatic heterocycles. The first-order chi connectivity index (χ1) is 28.3. The van der Waals surface area contributed by atoms with Crippen LogP contribution in [0.4, 0.5) is 0 Å². The Bertz CT molecular complexity index is 3430. The maximum atomic E-state index is 6.63. The highest BCUT2D eigenvalue weighted by atomic mass is 16.5. The third-order valence-corrected chi connectivity index (χ3v) is 12.0. The van der Waals surface area contributed by atoms with E-state index in [1.165, 1.54) is 93.0 Å². The molecule has 264 valence electrons. The lowest BCUT2D eigenvalue weighted by Crippen LogP contribution is -1.98. The van der Waals surface area contributed by atoms with Crippen LogP contribution in [0, 0.1) is 0 Å². The molecule has 1 nitrogen and oxygen atoms in total. The molecule has 0 spiro atoms. The van der Waals surface area contributed by atoms with Crippen molar-refractivity contribution in [1.29, 1.82) is 0 Å². The lowest BCUT2D eigenvalue weighted by Gasteiger charge is -2.23. The van der Waals surface area contributed by atoms with E-state index in [9.17, 15) is 0 Å². The maximum absolute atomic E-state index is 6.63. The van der Waals surface area contributed by atoms with Gasteiger partial charge in [-0.25, -0.2) is 0 Å². The smallest absolute Gasteiger partial charge is 0.135 e. The Hall–Kier alpha value is -7.48. The van der Waals surface area contributed by atoms with Crippen LogP contribution in [0.5, 0.6) is 11.5 Å². The van der Waals surface area contributed by atoms with Crippen LogP contribution in [0.2, 0.25) is 0 Å². The van der Waals surface area contributed by atoms with Gasteiger partial charge in [0.15, 0.2) is 0 Å². The molecule has 1 aliphatic heterocycles. The van der Waals surface area contributed by atoms with Crippen LogP contribution in [0.25, 0.3) is 109 Å². The molecule has 0 unspecified atom stereocenters. The summed E-state index contributed by atoms with van der Waals surface area (Å²) in [5.74, 6) is 1.79. The summed E-state index contributed by atoms with van der Waals surface area (Å²) in [5, 5.41) is 12.4. The Morgan fingerprint density at radius 2 is 0.860 bits per heavy atom. The fourth-order valence-corrected chi connectivity index (χ4v) is 9.44. The highest BCUT2D eigenvalue weighted by Crippen LogP contribution is 2.51. The van der Waals surface area contributed by atoms with Gasteiger partial charge < -0.3 is 4.74 Å². The van der Waals surface area contributed by atoms with Gasteiger partial charge >= 0.3 is 0 Å². The number of hydrogen-bond acceptors (Lipinski definition) is 1. The van der Waals surface area contributed by atoms with Gasteiger partial charge in [-0.3, -0.25) is 0 Å². The number of hydrogen-bond donors (Lipinski definition) is 0. The van der Waals surface area contributed by atoms with Crippen LogP contribution < -0.4 is 4.74 Å². The molecule has 1 heterocycles. The summed E-state index contributed by atoms with van der Waals surface area (Å²) in [5.41, 5.74) is 12.0. The van der Waals surface area contributed by atoms with E-state index in [0.29, 0.717) is 0 Å². The predicted octanol–water partition coefficient (Wildman–Crippen LogP) is 15.9. The van der Waals surface area contributed by atoms with Crippen LogP contribution >= 0.6 is 0 Å². The second-order valence-electron chi connectivity index (χ2n) is 15.2. The van der Waals surface area contributed by atoms with E-state index in [2.05, 4.69) is 206 Å². The molecule has 11 aromatic rings. The van der Waals surface area contributed by atoms with Crippen molar-refractivity contribution in [2.24, 2.45) is 0 Å². The van der Waals surface area contributed by atoms with Crippen molar-refractivity contribution in [1.82, 2.24) is 0 Å². The second-order valence-corrected chi connectivity index (χ2v) is 15.2. The zero-order valence-electron chi connectivity index (χ0n) is 31.0. The van der Waals surface area contributed by atoms with E-state index >= 15 is 0 Å². The molecule has 0 atom stereocenters. The summed E-state index contributed by atoms with van der Waals surface area (Å²) in [6.45, 7) is 0. The Morgan fingerprint density at radius 1 is 0.246 bits per heavy atom. The lowest BCUT2D eigenvalue weighted by molar-refractivity contribution is 0.487. The van der Waals surface area contributed by atoms with Crippen molar-refractivity contribution in [2.45, 2.75) is 0 Å². The highest BCUT2D eigenvalue weighted by Gasteiger charge is 2.23. The molecule has 57 heavy (non-hydrogen) atoms. The van der Waals surface area contributed by atoms with E-state index in [4.69, 9.17) is 4.74 Å². The van der Waals surface area contributed by atoms with Crippen LogP contribution in [-0.4, -0.2) is 0 Å².